The van der Waals surface area contributed by atoms with E-state index >= 15 is 0 Å². The van der Waals surface area contributed by atoms with E-state index in [0.29, 0.717) is 29.5 Å². The van der Waals surface area contributed by atoms with Crippen LogP contribution in [0.4, 0.5) is 5.82 Å². The Bertz CT molecular complexity index is 1490. The number of furan rings is 1. The van der Waals surface area contributed by atoms with E-state index in [4.69, 9.17) is 15.2 Å². The van der Waals surface area contributed by atoms with Crippen molar-refractivity contribution in [2.24, 2.45) is 0 Å². The molecule has 2 bridgehead atoms. The van der Waals surface area contributed by atoms with Crippen LogP contribution in [0.15, 0.2) is 53.5 Å². The van der Waals surface area contributed by atoms with Crippen LogP contribution in [0.25, 0.3) is 43.5 Å². The maximum absolute atomic E-state index is 6.25. The molecule has 2 fully saturated rings. The van der Waals surface area contributed by atoms with Crippen LogP contribution >= 0.6 is 11.5 Å². The fraction of sp³-hybridized carbons (Fsp3) is 0.320. The summed E-state index contributed by atoms with van der Waals surface area (Å²) in [6, 6.07) is 10.0. The van der Waals surface area contributed by atoms with Crippen LogP contribution in [-0.4, -0.2) is 43.2 Å². The Hall–Kier alpha value is -3.23. The van der Waals surface area contributed by atoms with E-state index in [1.54, 1.807) is 0 Å². The van der Waals surface area contributed by atoms with Gasteiger partial charge in [-0.2, -0.15) is 9.47 Å². The molecule has 7 rings (SSSR count). The maximum Gasteiger partial charge on any atom is 0.177 e. The summed E-state index contributed by atoms with van der Waals surface area (Å²) in [6.07, 6.45) is 12.8. The highest BCUT2D eigenvalue weighted by Gasteiger charge is 2.39. The van der Waals surface area contributed by atoms with Gasteiger partial charge in [0.25, 0.3) is 0 Å². The van der Waals surface area contributed by atoms with Crippen molar-refractivity contribution >= 4 is 38.4 Å². The third-order valence-corrected chi connectivity index (χ3v) is 8.44. The van der Waals surface area contributed by atoms with Crippen LogP contribution in [-0.2, 0) is 0 Å². The fourth-order valence-corrected chi connectivity index (χ4v) is 6.54. The number of fused-ring (bicyclic) bond motifs is 4. The minimum atomic E-state index is 0.399. The van der Waals surface area contributed by atoms with E-state index in [1.807, 2.05) is 24.7 Å². The Morgan fingerprint density at radius 2 is 1.91 bits per heavy atom. The summed E-state index contributed by atoms with van der Waals surface area (Å²) < 4.78 is 13.9. The number of hydrogen-bond donors (Lipinski definition) is 1. The summed E-state index contributed by atoms with van der Waals surface area (Å²) in [6.45, 7) is 0. The largest absolute Gasteiger partial charge is 0.452 e. The van der Waals surface area contributed by atoms with Gasteiger partial charge in [-0.25, -0.2) is 4.98 Å². The molecule has 5 aromatic rings. The molecule has 0 amide bonds. The molecule has 2 atom stereocenters. The average Bonchev–Trinajstić information content (AvgIpc) is 3.60. The standard InChI is InChI=1S/C25H24N6OS/c1-30-16-5-6-17(30)8-18(7-16)31-13-15(10-28-31)21-12-27-25(26)23-20(21)9-22(32-23)19-4-2-3-14-11-29-33-24(14)19/h2-4,9-13,16-18H,5-8H2,1H3,(H2,26,27). The van der Waals surface area contributed by atoms with Crippen LogP contribution in [0.3, 0.4) is 0 Å². The number of rotatable bonds is 3. The predicted octanol–water partition coefficient (Wildman–Crippen LogP) is 5.35. The first-order chi connectivity index (χ1) is 16.2. The van der Waals surface area contributed by atoms with Gasteiger partial charge >= 0.3 is 0 Å². The van der Waals surface area contributed by atoms with E-state index in [-0.39, 0.29) is 0 Å². The van der Waals surface area contributed by atoms with Crippen LogP contribution in [0, 0.1) is 0 Å². The van der Waals surface area contributed by atoms with Gasteiger partial charge in [0.05, 0.1) is 16.9 Å². The number of nitrogen functional groups attached to an aromatic ring is 1. The molecule has 0 spiro atoms. The molecule has 2 aliphatic heterocycles. The van der Waals surface area contributed by atoms with Crippen LogP contribution in [0.1, 0.15) is 31.7 Å². The molecule has 2 N–H and O–H groups in total. The summed E-state index contributed by atoms with van der Waals surface area (Å²) in [5.74, 6) is 1.18. The van der Waals surface area contributed by atoms with Crippen molar-refractivity contribution in [1.82, 2.24) is 24.0 Å². The highest BCUT2D eigenvalue weighted by molar-refractivity contribution is 7.13. The van der Waals surface area contributed by atoms with Gasteiger partial charge in [0, 0.05) is 58.1 Å². The Morgan fingerprint density at radius 1 is 1.06 bits per heavy atom. The van der Waals surface area contributed by atoms with E-state index in [1.165, 1.54) is 24.4 Å². The van der Waals surface area contributed by atoms with E-state index in [2.05, 4.69) is 50.4 Å². The highest BCUT2D eigenvalue weighted by atomic mass is 32.1. The molecule has 8 heteroatoms. The van der Waals surface area contributed by atoms with Crippen molar-refractivity contribution in [2.75, 3.05) is 12.8 Å². The first-order valence-corrected chi connectivity index (χ1v) is 12.2. The zero-order valence-corrected chi connectivity index (χ0v) is 19.1. The van der Waals surface area contributed by atoms with Gasteiger partial charge in [-0.1, -0.05) is 12.1 Å². The summed E-state index contributed by atoms with van der Waals surface area (Å²) >= 11 is 1.47. The molecule has 6 heterocycles. The number of hydrogen-bond acceptors (Lipinski definition) is 7. The van der Waals surface area contributed by atoms with E-state index < -0.39 is 0 Å². The Kier molecular flexibility index (Phi) is 4.16. The molecule has 2 aliphatic rings. The van der Waals surface area contributed by atoms with Crippen LogP contribution in [0.2, 0.25) is 0 Å². The highest BCUT2D eigenvalue weighted by Crippen LogP contribution is 2.42. The number of piperidine rings is 1. The van der Waals surface area contributed by atoms with Gasteiger partial charge in [0.15, 0.2) is 11.4 Å². The summed E-state index contributed by atoms with van der Waals surface area (Å²) in [5.41, 5.74) is 9.90. The van der Waals surface area contributed by atoms with Gasteiger partial charge < -0.3 is 15.1 Å². The molecule has 2 saturated heterocycles. The number of nitrogens with two attached hydrogens (primary N) is 1. The van der Waals surface area contributed by atoms with E-state index in [9.17, 15) is 0 Å². The lowest BCUT2D eigenvalue weighted by Gasteiger charge is -2.36. The molecule has 7 nitrogen and oxygen atoms in total. The molecular weight excluding hydrogens is 432 g/mol. The van der Waals surface area contributed by atoms with Crippen LogP contribution in [0.5, 0.6) is 0 Å². The zero-order valence-electron chi connectivity index (χ0n) is 18.3. The Morgan fingerprint density at radius 3 is 2.76 bits per heavy atom. The topological polar surface area (TPSA) is 86.0 Å². The number of benzene rings is 1. The molecule has 0 radical (unpaired) electrons. The molecular formula is C25H24N6OS. The lowest BCUT2D eigenvalue weighted by Crippen LogP contribution is -2.40. The molecule has 33 heavy (non-hydrogen) atoms. The van der Waals surface area contributed by atoms with Crippen molar-refractivity contribution in [1.29, 1.82) is 0 Å². The number of pyridine rings is 1. The van der Waals surface area contributed by atoms with E-state index in [0.717, 1.165) is 50.8 Å². The van der Waals surface area contributed by atoms with Gasteiger partial charge in [-0.3, -0.25) is 4.68 Å². The predicted molar refractivity (Wildman–Crippen MR) is 131 cm³/mol. The smallest absolute Gasteiger partial charge is 0.177 e. The summed E-state index contributed by atoms with van der Waals surface area (Å²) in [4.78, 5) is 7.00. The minimum absolute atomic E-state index is 0.399. The zero-order chi connectivity index (χ0) is 22.1. The van der Waals surface area contributed by atoms with Crippen molar-refractivity contribution in [3.05, 3.63) is 49.1 Å². The summed E-state index contributed by atoms with van der Waals surface area (Å²) in [7, 11) is 2.27. The number of anilines is 1. The lowest BCUT2D eigenvalue weighted by atomic mass is 9.98. The number of aromatic nitrogens is 4. The molecule has 2 unspecified atom stereocenters. The van der Waals surface area contributed by atoms with Gasteiger partial charge in [0.1, 0.15) is 5.76 Å². The number of nitrogens with zero attached hydrogens (tertiary/aromatic N) is 5. The molecule has 0 aliphatic carbocycles. The van der Waals surface area contributed by atoms with Crippen LogP contribution < -0.4 is 5.73 Å². The van der Waals surface area contributed by atoms with Crippen molar-refractivity contribution < 1.29 is 4.42 Å². The summed E-state index contributed by atoms with van der Waals surface area (Å²) in [5, 5.41) is 6.84. The maximum atomic E-state index is 6.25. The average molecular weight is 457 g/mol. The Balaban J connectivity index is 1.30. The van der Waals surface area contributed by atoms with Crippen molar-refractivity contribution in [3.63, 3.8) is 0 Å². The SMILES string of the molecule is CN1C2CCC1CC(n1cc(-c3cnc(N)c4oc(-c5cccc6cnsc56)cc34)cn1)C2. The fourth-order valence-electron chi connectivity index (χ4n) is 5.77. The minimum Gasteiger partial charge on any atom is -0.452 e. The third-order valence-electron chi connectivity index (χ3n) is 7.59. The van der Waals surface area contributed by atoms with Gasteiger partial charge in [0.2, 0.25) is 0 Å². The van der Waals surface area contributed by atoms with Crippen molar-refractivity contribution in [3.8, 4) is 22.5 Å². The normalized spacial score (nSPS) is 23.1. The van der Waals surface area contributed by atoms with Crippen molar-refractivity contribution in [2.45, 2.75) is 43.8 Å². The first kappa shape index (κ1) is 19.3. The molecule has 0 saturated carbocycles. The second-order valence-corrected chi connectivity index (χ2v) is 10.1. The van der Waals surface area contributed by atoms with Gasteiger partial charge in [-0.15, -0.1) is 0 Å². The second kappa shape index (κ2) is 7.13. The third kappa shape index (κ3) is 2.94. The molecule has 166 valence electrons. The first-order valence-electron chi connectivity index (χ1n) is 11.4. The monoisotopic (exact) mass is 456 g/mol. The Labute approximate surface area is 195 Å². The molecule has 4 aromatic heterocycles. The van der Waals surface area contributed by atoms with Gasteiger partial charge in [-0.05, 0) is 56.4 Å². The molecule has 1 aromatic carbocycles. The quantitative estimate of drug-likeness (QED) is 0.394. The second-order valence-electron chi connectivity index (χ2n) is 9.35. The lowest BCUT2D eigenvalue weighted by molar-refractivity contribution is 0.131.